The van der Waals surface area contributed by atoms with Crippen LogP contribution in [0.15, 0.2) is 42.5 Å². The molecule has 5 rings (SSSR count). The third-order valence-corrected chi connectivity index (χ3v) is 5.68. The first-order valence-corrected chi connectivity index (χ1v) is 10.7. The largest absolute Gasteiger partial charge is 0.352 e. The van der Waals surface area contributed by atoms with Gasteiger partial charge in [-0.15, -0.1) is 0 Å². The molecule has 8 heteroatoms. The first-order valence-electron chi connectivity index (χ1n) is 10.7. The topological polar surface area (TPSA) is 103 Å². The van der Waals surface area contributed by atoms with Gasteiger partial charge in [-0.05, 0) is 63.2 Å². The maximum Gasteiger partial charge on any atom is 0.251 e. The summed E-state index contributed by atoms with van der Waals surface area (Å²) in [4.78, 5) is 19.1. The normalized spacial score (nSPS) is 14.4. The SMILES string of the molecule is CCNC(=O)c1ccc(-c2n[nH]c3ccc(-c4n[nH]c(CN5CCCC5)n4)cc23)cc1. The van der Waals surface area contributed by atoms with E-state index in [-0.39, 0.29) is 5.91 Å². The second kappa shape index (κ2) is 8.31. The molecule has 8 nitrogen and oxygen atoms in total. The number of nitrogens with zero attached hydrogens (tertiary/aromatic N) is 4. The van der Waals surface area contributed by atoms with Crippen molar-refractivity contribution in [2.75, 3.05) is 19.6 Å². The second-order valence-electron chi connectivity index (χ2n) is 7.86. The smallest absolute Gasteiger partial charge is 0.251 e. The molecule has 158 valence electrons. The van der Waals surface area contributed by atoms with Crippen LogP contribution in [0.4, 0.5) is 0 Å². The Hall–Kier alpha value is -3.52. The van der Waals surface area contributed by atoms with Crippen molar-refractivity contribution in [1.29, 1.82) is 0 Å². The quantitative estimate of drug-likeness (QED) is 0.448. The fourth-order valence-corrected chi connectivity index (χ4v) is 4.06. The van der Waals surface area contributed by atoms with E-state index in [4.69, 9.17) is 4.98 Å². The van der Waals surface area contributed by atoms with Crippen molar-refractivity contribution in [1.82, 2.24) is 35.6 Å². The van der Waals surface area contributed by atoms with Gasteiger partial charge in [-0.1, -0.05) is 12.1 Å². The number of fused-ring (bicyclic) bond motifs is 1. The van der Waals surface area contributed by atoms with Crippen molar-refractivity contribution >= 4 is 16.8 Å². The van der Waals surface area contributed by atoms with E-state index in [0.717, 1.165) is 53.2 Å². The van der Waals surface area contributed by atoms with Gasteiger partial charge in [0, 0.05) is 28.6 Å². The van der Waals surface area contributed by atoms with Gasteiger partial charge in [-0.3, -0.25) is 19.9 Å². The predicted octanol–water partition coefficient (Wildman–Crippen LogP) is 3.36. The number of carbonyl (C=O) groups is 1. The number of aromatic nitrogens is 5. The Balaban J connectivity index is 1.42. The summed E-state index contributed by atoms with van der Waals surface area (Å²) >= 11 is 0. The first-order chi connectivity index (χ1) is 15.2. The molecule has 1 saturated heterocycles. The van der Waals surface area contributed by atoms with Gasteiger partial charge in [0.15, 0.2) is 5.82 Å². The van der Waals surface area contributed by atoms with Crippen molar-refractivity contribution in [3.63, 3.8) is 0 Å². The van der Waals surface area contributed by atoms with Gasteiger partial charge in [-0.2, -0.15) is 10.2 Å². The third kappa shape index (κ3) is 3.94. The Morgan fingerprint density at radius 2 is 1.81 bits per heavy atom. The van der Waals surface area contributed by atoms with E-state index in [1.165, 1.54) is 12.8 Å². The van der Waals surface area contributed by atoms with Crippen molar-refractivity contribution in [3.05, 3.63) is 53.9 Å². The second-order valence-corrected chi connectivity index (χ2v) is 7.86. The fourth-order valence-electron chi connectivity index (χ4n) is 4.06. The number of hydrogen-bond donors (Lipinski definition) is 3. The minimum Gasteiger partial charge on any atom is -0.352 e. The average molecular weight is 416 g/mol. The highest BCUT2D eigenvalue weighted by Gasteiger charge is 2.16. The number of rotatable bonds is 6. The summed E-state index contributed by atoms with van der Waals surface area (Å²) in [6.45, 7) is 5.57. The molecule has 3 heterocycles. The van der Waals surface area contributed by atoms with Gasteiger partial charge < -0.3 is 5.32 Å². The summed E-state index contributed by atoms with van der Waals surface area (Å²) in [6.07, 6.45) is 2.51. The molecule has 1 aliphatic heterocycles. The van der Waals surface area contributed by atoms with Crippen molar-refractivity contribution < 1.29 is 4.79 Å². The van der Waals surface area contributed by atoms with E-state index in [1.807, 2.05) is 43.3 Å². The molecule has 4 aromatic rings. The van der Waals surface area contributed by atoms with Gasteiger partial charge in [0.1, 0.15) is 5.82 Å². The molecule has 2 aromatic heterocycles. The highest BCUT2D eigenvalue weighted by molar-refractivity contribution is 5.97. The summed E-state index contributed by atoms with van der Waals surface area (Å²) in [5.74, 6) is 1.51. The summed E-state index contributed by atoms with van der Waals surface area (Å²) in [6, 6.07) is 13.6. The lowest BCUT2D eigenvalue weighted by Crippen LogP contribution is -2.22. The maximum atomic E-state index is 12.0. The van der Waals surface area contributed by atoms with Crippen LogP contribution in [0.2, 0.25) is 0 Å². The van der Waals surface area contributed by atoms with Crippen molar-refractivity contribution in [2.24, 2.45) is 0 Å². The Kier molecular flexibility index (Phi) is 5.21. The molecule has 0 atom stereocenters. The Morgan fingerprint density at radius 3 is 2.58 bits per heavy atom. The zero-order chi connectivity index (χ0) is 21.2. The molecule has 2 aromatic carbocycles. The van der Waals surface area contributed by atoms with Crippen LogP contribution in [0, 0.1) is 0 Å². The van der Waals surface area contributed by atoms with E-state index >= 15 is 0 Å². The van der Waals surface area contributed by atoms with Gasteiger partial charge in [0.05, 0.1) is 17.8 Å². The lowest BCUT2D eigenvalue weighted by molar-refractivity contribution is 0.0956. The lowest BCUT2D eigenvalue weighted by atomic mass is 10.0. The minimum atomic E-state index is -0.0717. The number of amides is 1. The fraction of sp³-hybridized carbons (Fsp3) is 0.304. The number of benzene rings is 2. The van der Waals surface area contributed by atoms with E-state index in [0.29, 0.717) is 17.9 Å². The van der Waals surface area contributed by atoms with Crippen LogP contribution in [0.3, 0.4) is 0 Å². The number of H-pyrrole nitrogens is 2. The number of carbonyl (C=O) groups excluding carboxylic acids is 1. The van der Waals surface area contributed by atoms with Crippen LogP contribution in [0.5, 0.6) is 0 Å². The summed E-state index contributed by atoms with van der Waals surface area (Å²) in [5.41, 5.74) is 4.31. The van der Waals surface area contributed by atoms with Crippen LogP contribution < -0.4 is 5.32 Å². The standard InChI is InChI=1S/C23H25N7O/c1-2-24-23(31)16-7-5-15(6-8-16)21-18-13-17(9-10-19(18)26-28-21)22-25-20(27-29-22)14-30-11-3-4-12-30/h5-10,13H,2-4,11-12,14H2,1H3,(H,24,31)(H,26,28)(H,25,27,29). The van der Waals surface area contributed by atoms with Crippen LogP contribution in [0.1, 0.15) is 35.9 Å². The van der Waals surface area contributed by atoms with Crippen LogP contribution in [0.25, 0.3) is 33.5 Å². The molecule has 0 saturated carbocycles. The minimum absolute atomic E-state index is 0.0717. The van der Waals surface area contributed by atoms with Crippen molar-refractivity contribution in [2.45, 2.75) is 26.3 Å². The maximum absolute atomic E-state index is 12.0. The predicted molar refractivity (Wildman–Crippen MR) is 119 cm³/mol. The molecule has 3 N–H and O–H groups in total. The molecule has 1 aliphatic rings. The lowest BCUT2D eigenvalue weighted by Gasteiger charge is -2.11. The number of hydrogen-bond acceptors (Lipinski definition) is 5. The van der Waals surface area contributed by atoms with E-state index in [2.05, 4.69) is 36.7 Å². The average Bonchev–Trinajstić information content (AvgIpc) is 3.55. The van der Waals surface area contributed by atoms with Gasteiger partial charge in [0.25, 0.3) is 5.91 Å². The molecule has 1 amide bonds. The van der Waals surface area contributed by atoms with E-state index in [9.17, 15) is 4.79 Å². The zero-order valence-electron chi connectivity index (χ0n) is 17.5. The Bertz CT molecular complexity index is 1200. The first kappa shape index (κ1) is 19.4. The molecule has 31 heavy (non-hydrogen) atoms. The Morgan fingerprint density at radius 1 is 1.03 bits per heavy atom. The highest BCUT2D eigenvalue weighted by atomic mass is 16.1. The zero-order valence-corrected chi connectivity index (χ0v) is 17.5. The monoisotopic (exact) mass is 415 g/mol. The molecule has 0 unspecified atom stereocenters. The molecular formula is C23H25N7O. The number of nitrogens with one attached hydrogen (secondary N) is 3. The molecule has 0 aliphatic carbocycles. The van der Waals surface area contributed by atoms with Gasteiger partial charge >= 0.3 is 0 Å². The number of likely N-dealkylation sites (tertiary alicyclic amines) is 1. The Labute approximate surface area is 180 Å². The highest BCUT2D eigenvalue weighted by Crippen LogP contribution is 2.29. The molecule has 1 fully saturated rings. The summed E-state index contributed by atoms with van der Waals surface area (Å²) in [7, 11) is 0. The summed E-state index contributed by atoms with van der Waals surface area (Å²) < 4.78 is 0. The van der Waals surface area contributed by atoms with Crippen LogP contribution in [-0.2, 0) is 6.54 Å². The molecule has 0 radical (unpaired) electrons. The van der Waals surface area contributed by atoms with E-state index < -0.39 is 0 Å². The van der Waals surface area contributed by atoms with Gasteiger partial charge in [-0.25, -0.2) is 4.98 Å². The van der Waals surface area contributed by atoms with Gasteiger partial charge in [0.2, 0.25) is 0 Å². The summed E-state index contributed by atoms with van der Waals surface area (Å²) in [5, 5.41) is 18.9. The molecule has 0 bridgehead atoms. The number of aromatic amines is 2. The van der Waals surface area contributed by atoms with Crippen molar-refractivity contribution in [3.8, 4) is 22.6 Å². The van der Waals surface area contributed by atoms with Crippen LogP contribution >= 0.6 is 0 Å². The molecular weight excluding hydrogens is 390 g/mol. The van der Waals surface area contributed by atoms with E-state index in [1.54, 1.807) is 0 Å². The third-order valence-electron chi connectivity index (χ3n) is 5.68. The molecule has 0 spiro atoms. The van der Waals surface area contributed by atoms with Crippen LogP contribution in [-0.4, -0.2) is 55.8 Å².